The molecule has 1 amide bonds. The van der Waals surface area contributed by atoms with Gasteiger partial charge >= 0.3 is 12.1 Å². The molecule has 0 saturated carbocycles. The van der Waals surface area contributed by atoms with Gasteiger partial charge in [0.25, 0.3) is 5.91 Å². The lowest BCUT2D eigenvalue weighted by Crippen LogP contribution is -2.23. The summed E-state index contributed by atoms with van der Waals surface area (Å²) in [4.78, 5) is 28.5. The number of aryl methyl sites for hydroxylation is 1. The maximum Gasteiger partial charge on any atom is 0.417 e. The molecule has 0 spiro atoms. The van der Waals surface area contributed by atoms with E-state index in [-0.39, 0.29) is 28.2 Å². The molecule has 3 rings (SSSR count). The molecule has 0 atom stereocenters. The predicted molar refractivity (Wildman–Crippen MR) is 103 cm³/mol. The number of alkyl halides is 3. The van der Waals surface area contributed by atoms with E-state index in [2.05, 4.69) is 4.99 Å². The van der Waals surface area contributed by atoms with Crippen LogP contribution in [0.15, 0.2) is 47.5 Å². The monoisotopic (exact) mass is 422 g/mol. The van der Waals surface area contributed by atoms with Crippen LogP contribution in [0.5, 0.6) is 0 Å². The minimum atomic E-state index is -4.58. The molecule has 2 aromatic carbocycles. The van der Waals surface area contributed by atoms with Gasteiger partial charge in [-0.2, -0.15) is 18.2 Å². The van der Waals surface area contributed by atoms with Crippen molar-refractivity contribution in [3.05, 3.63) is 64.0 Å². The molecular weight excluding hydrogens is 405 g/mol. The van der Waals surface area contributed by atoms with Crippen LogP contribution in [0.4, 0.5) is 13.2 Å². The maximum atomic E-state index is 13.4. The van der Waals surface area contributed by atoms with E-state index in [1.807, 2.05) is 6.92 Å². The van der Waals surface area contributed by atoms with Crippen LogP contribution in [0, 0.1) is 6.92 Å². The van der Waals surface area contributed by atoms with Crippen molar-refractivity contribution in [3.63, 3.8) is 0 Å². The first-order valence-electron chi connectivity index (χ1n) is 8.71. The normalized spacial score (nSPS) is 12.4. The Bertz CT molecular complexity index is 1130. The number of ether oxygens (including phenoxy) is 1. The first-order valence-corrected chi connectivity index (χ1v) is 9.53. The summed E-state index contributed by atoms with van der Waals surface area (Å²) >= 11 is 0.711. The first kappa shape index (κ1) is 20.8. The summed E-state index contributed by atoms with van der Waals surface area (Å²) in [5.41, 5.74) is 0.567. The van der Waals surface area contributed by atoms with E-state index in [0.29, 0.717) is 16.9 Å². The molecule has 1 heterocycles. The second-order valence-corrected chi connectivity index (χ2v) is 7.19. The number of thiazole rings is 1. The van der Waals surface area contributed by atoms with E-state index < -0.39 is 23.6 Å². The molecule has 0 aliphatic heterocycles. The highest BCUT2D eigenvalue weighted by atomic mass is 32.1. The Balaban J connectivity index is 2.19. The molecule has 0 N–H and O–H groups in total. The molecule has 9 heteroatoms. The van der Waals surface area contributed by atoms with Gasteiger partial charge in [0.15, 0.2) is 4.80 Å². The molecule has 0 aliphatic carbocycles. The summed E-state index contributed by atoms with van der Waals surface area (Å²) in [6.45, 7) is 3.27. The summed E-state index contributed by atoms with van der Waals surface area (Å²) in [6.07, 6.45) is -4.58. The van der Waals surface area contributed by atoms with E-state index in [1.54, 1.807) is 31.2 Å². The maximum absolute atomic E-state index is 13.4. The third-order valence-corrected chi connectivity index (χ3v) is 5.23. The van der Waals surface area contributed by atoms with E-state index in [1.165, 1.54) is 16.7 Å². The molecule has 3 aromatic rings. The van der Waals surface area contributed by atoms with Crippen molar-refractivity contribution in [1.29, 1.82) is 0 Å². The van der Waals surface area contributed by atoms with Crippen molar-refractivity contribution < 1.29 is 27.5 Å². The molecule has 5 nitrogen and oxygen atoms in total. The van der Waals surface area contributed by atoms with E-state index in [4.69, 9.17) is 4.74 Å². The predicted octanol–water partition coefficient (Wildman–Crippen LogP) is 4.33. The Hall–Kier alpha value is -2.94. The lowest BCUT2D eigenvalue weighted by atomic mass is 10.1. The average molecular weight is 422 g/mol. The second kappa shape index (κ2) is 8.20. The fourth-order valence-electron chi connectivity index (χ4n) is 2.74. The fourth-order valence-corrected chi connectivity index (χ4v) is 3.90. The van der Waals surface area contributed by atoms with Crippen LogP contribution in [0.3, 0.4) is 0 Å². The highest BCUT2D eigenvalue weighted by molar-refractivity contribution is 7.16. The molecule has 0 fully saturated rings. The average Bonchev–Trinajstić information content (AvgIpc) is 2.98. The quantitative estimate of drug-likeness (QED) is 0.588. The van der Waals surface area contributed by atoms with Crippen molar-refractivity contribution in [2.45, 2.75) is 26.6 Å². The Kier molecular flexibility index (Phi) is 5.88. The highest BCUT2D eigenvalue weighted by Crippen LogP contribution is 2.36. The van der Waals surface area contributed by atoms with Crippen molar-refractivity contribution in [1.82, 2.24) is 4.57 Å². The molecule has 1 aromatic heterocycles. The third kappa shape index (κ3) is 4.56. The van der Waals surface area contributed by atoms with Crippen LogP contribution in [0.1, 0.15) is 28.4 Å². The van der Waals surface area contributed by atoms with Crippen LogP contribution in [-0.2, 0) is 22.3 Å². The van der Waals surface area contributed by atoms with Crippen LogP contribution in [0.25, 0.3) is 10.2 Å². The van der Waals surface area contributed by atoms with Gasteiger partial charge in [-0.25, -0.2) is 0 Å². The zero-order valence-corrected chi connectivity index (χ0v) is 16.4. The summed E-state index contributed by atoms with van der Waals surface area (Å²) in [7, 11) is 0. The minimum Gasteiger partial charge on any atom is -0.465 e. The molecule has 29 heavy (non-hydrogen) atoms. The molecule has 0 bridgehead atoms. The minimum absolute atomic E-state index is 0.00433. The number of carbonyl (C=O) groups is 2. The summed E-state index contributed by atoms with van der Waals surface area (Å²) in [5, 5.41) is 0. The van der Waals surface area contributed by atoms with Gasteiger partial charge in [-0.05, 0) is 38.1 Å². The van der Waals surface area contributed by atoms with Gasteiger partial charge in [0.1, 0.15) is 6.54 Å². The van der Waals surface area contributed by atoms with Gasteiger partial charge in [-0.1, -0.05) is 35.1 Å². The topological polar surface area (TPSA) is 60.7 Å². The van der Waals surface area contributed by atoms with Crippen LogP contribution >= 0.6 is 11.3 Å². The second-order valence-electron chi connectivity index (χ2n) is 6.21. The fraction of sp³-hybridized carbons (Fsp3) is 0.250. The lowest BCUT2D eigenvalue weighted by Gasteiger charge is -2.08. The largest absolute Gasteiger partial charge is 0.465 e. The van der Waals surface area contributed by atoms with E-state index in [9.17, 15) is 22.8 Å². The Morgan fingerprint density at radius 3 is 2.45 bits per heavy atom. The van der Waals surface area contributed by atoms with Crippen LogP contribution in [-0.4, -0.2) is 23.1 Å². The van der Waals surface area contributed by atoms with Gasteiger partial charge in [-0.3, -0.25) is 9.59 Å². The lowest BCUT2D eigenvalue weighted by molar-refractivity contribution is -0.143. The molecule has 0 aliphatic rings. The number of hydrogen-bond acceptors (Lipinski definition) is 4. The third-order valence-electron chi connectivity index (χ3n) is 4.10. The van der Waals surface area contributed by atoms with Crippen molar-refractivity contribution in [2.75, 3.05) is 6.61 Å². The van der Waals surface area contributed by atoms with Crippen LogP contribution in [0.2, 0.25) is 0 Å². The Morgan fingerprint density at radius 2 is 1.83 bits per heavy atom. The van der Waals surface area contributed by atoms with Gasteiger partial charge in [0, 0.05) is 5.56 Å². The smallest absolute Gasteiger partial charge is 0.417 e. The molecular formula is C20H17F3N2O3S. The number of benzene rings is 2. The summed E-state index contributed by atoms with van der Waals surface area (Å²) in [5.74, 6) is -1.24. The number of amides is 1. The number of carbonyl (C=O) groups excluding carboxylic acids is 2. The number of nitrogens with zero attached hydrogens (tertiary/aromatic N) is 2. The zero-order chi connectivity index (χ0) is 21.2. The molecule has 0 radical (unpaired) electrons. The van der Waals surface area contributed by atoms with Gasteiger partial charge in [0.2, 0.25) is 0 Å². The Labute approximate surface area is 168 Å². The number of halogens is 3. The number of rotatable bonds is 4. The summed E-state index contributed by atoms with van der Waals surface area (Å²) in [6, 6.07) is 10.3. The number of esters is 1. The highest BCUT2D eigenvalue weighted by Gasteiger charge is 2.34. The molecule has 0 unspecified atom stereocenters. The summed E-state index contributed by atoms with van der Waals surface area (Å²) < 4.78 is 46.3. The molecule has 152 valence electrons. The van der Waals surface area contributed by atoms with Crippen molar-refractivity contribution in [2.24, 2.45) is 4.99 Å². The number of fused-ring (bicyclic) bond motifs is 1. The van der Waals surface area contributed by atoms with Crippen LogP contribution < -0.4 is 4.80 Å². The number of aromatic nitrogens is 1. The van der Waals surface area contributed by atoms with Crippen molar-refractivity contribution >= 4 is 33.4 Å². The Morgan fingerprint density at radius 1 is 1.14 bits per heavy atom. The van der Waals surface area contributed by atoms with E-state index >= 15 is 0 Å². The molecule has 0 saturated heterocycles. The van der Waals surface area contributed by atoms with Crippen molar-refractivity contribution in [3.8, 4) is 0 Å². The first-order chi connectivity index (χ1) is 13.7. The SMILES string of the molecule is CCOC(=O)Cn1c(=NC(=O)c2ccc(C)cc2)sc2c(C(F)(F)F)cccc21. The van der Waals surface area contributed by atoms with Gasteiger partial charge in [0.05, 0.1) is 22.4 Å². The van der Waals surface area contributed by atoms with Gasteiger partial charge in [-0.15, -0.1) is 0 Å². The standard InChI is InChI=1S/C20H17F3N2O3S/c1-3-28-16(26)11-25-15-6-4-5-14(20(21,22)23)17(15)29-19(25)24-18(27)13-9-7-12(2)8-10-13/h4-10H,3,11H2,1-2H3. The zero-order valence-electron chi connectivity index (χ0n) is 15.6. The van der Waals surface area contributed by atoms with Gasteiger partial charge < -0.3 is 9.30 Å². The van der Waals surface area contributed by atoms with E-state index in [0.717, 1.165) is 11.6 Å². The number of hydrogen-bond donors (Lipinski definition) is 0.